The third-order valence-corrected chi connectivity index (χ3v) is 4.01. The Morgan fingerprint density at radius 2 is 2.29 bits per heavy atom. The van der Waals surface area contributed by atoms with Crippen molar-refractivity contribution in [3.05, 3.63) is 51.6 Å². The van der Waals surface area contributed by atoms with Crippen molar-refractivity contribution in [1.82, 2.24) is 5.32 Å². The number of rotatable bonds is 5. The number of nitrogens with one attached hydrogen (secondary N) is 1. The highest BCUT2D eigenvalue weighted by Gasteiger charge is 2.27. The summed E-state index contributed by atoms with van der Waals surface area (Å²) in [6.07, 6.45) is 3.22. The molecule has 2 rings (SSSR count). The molecule has 0 aliphatic carbocycles. The Bertz CT molecular complexity index is 639. The second kappa shape index (κ2) is 6.28. The van der Waals surface area contributed by atoms with E-state index in [0.717, 1.165) is 10.6 Å². The van der Waals surface area contributed by atoms with Gasteiger partial charge in [0.1, 0.15) is 17.1 Å². The number of carbonyl (C=O) groups is 1. The molecular weight excluding hydrogens is 286 g/mol. The van der Waals surface area contributed by atoms with E-state index in [1.54, 1.807) is 37.3 Å². The SMILES string of the molecule is Cc1cc([C@](C)(O)CNC(=O)/C=C/c2cccs2)c(C)o1. The summed E-state index contributed by atoms with van der Waals surface area (Å²) in [4.78, 5) is 12.8. The molecule has 0 aromatic carbocycles. The first-order chi connectivity index (χ1) is 9.88. The third kappa shape index (κ3) is 4.06. The average molecular weight is 305 g/mol. The average Bonchev–Trinajstić information content (AvgIpc) is 3.04. The summed E-state index contributed by atoms with van der Waals surface area (Å²) in [5.74, 6) is 1.18. The van der Waals surface area contributed by atoms with Gasteiger partial charge in [-0.2, -0.15) is 0 Å². The summed E-state index contributed by atoms with van der Waals surface area (Å²) in [5, 5.41) is 15.1. The van der Waals surface area contributed by atoms with Crippen LogP contribution in [0.5, 0.6) is 0 Å². The maximum absolute atomic E-state index is 11.8. The van der Waals surface area contributed by atoms with Gasteiger partial charge in [-0.1, -0.05) is 6.07 Å². The largest absolute Gasteiger partial charge is 0.466 e. The predicted octanol–water partition coefficient (Wildman–Crippen LogP) is 3.00. The number of amides is 1. The van der Waals surface area contributed by atoms with Crippen LogP contribution in [0, 0.1) is 13.8 Å². The van der Waals surface area contributed by atoms with Crippen LogP contribution in [0.4, 0.5) is 0 Å². The lowest BCUT2D eigenvalue weighted by molar-refractivity contribution is -0.117. The molecule has 0 spiro atoms. The van der Waals surface area contributed by atoms with Crippen molar-refractivity contribution >= 4 is 23.3 Å². The summed E-state index contributed by atoms with van der Waals surface area (Å²) in [6.45, 7) is 5.41. The number of hydrogen-bond acceptors (Lipinski definition) is 4. The Morgan fingerprint density at radius 3 is 2.86 bits per heavy atom. The van der Waals surface area contributed by atoms with Gasteiger partial charge in [0.2, 0.25) is 5.91 Å². The fraction of sp³-hybridized carbons (Fsp3) is 0.312. The lowest BCUT2D eigenvalue weighted by Crippen LogP contribution is -2.38. The lowest BCUT2D eigenvalue weighted by atomic mass is 9.96. The van der Waals surface area contributed by atoms with E-state index in [4.69, 9.17) is 4.42 Å². The third-order valence-electron chi connectivity index (χ3n) is 3.17. The second-order valence-electron chi connectivity index (χ2n) is 5.17. The van der Waals surface area contributed by atoms with Gasteiger partial charge < -0.3 is 14.8 Å². The van der Waals surface area contributed by atoms with Gasteiger partial charge in [-0.15, -0.1) is 11.3 Å². The quantitative estimate of drug-likeness (QED) is 0.835. The predicted molar refractivity (Wildman–Crippen MR) is 84.1 cm³/mol. The molecule has 2 heterocycles. The van der Waals surface area contributed by atoms with Crippen LogP contribution in [-0.2, 0) is 10.4 Å². The van der Waals surface area contributed by atoms with E-state index in [1.165, 1.54) is 6.08 Å². The van der Waals surface area contributed by atoms with Crippen molar-refractivity contribution in [2.24, 2.45) is 0 Å². The molecule has 5 heteroatoms. The molecule has 2 aromatic heterocycles. The van der Waals surface area contributed by atoms with Gasteiger partial charge >= 0.3 is 0 Å². The van der Waals surface area contributed by atoms with Gasteiger partial charge in [0.15, 0.2) is 0 Å². The maximum Gasteiger partial charge on any atom is 0.244 e. The molecule has 0 saturated carbocycles. The van der Waals surface area contributed by atoms with Crippen LogP contribution in [0.15, 0.2) is 34.1 Å². The van der Waals surface area contributed by atoms with Crippen LogP contribution in [-0.4, -0.2) is 17.6 Å². The van der Waals surface area contributed by atoms with Gasteiger partial charge in [0, 0.05) is 16.5 Å². The van der Waals surface area contributed by atoms with Gasteiger partial charge in [-0.25, -0.2) is 0 Å². The van der Waals surface area contributed by atoms with Gasteiger partial charge in [-0.05, 0) is 44.4 Å². The standard InChI is InChI=1S/C16H19NO3S/c1-11-9-14(12(2)20-11)16(3,19)10-17-15(18)7-6-13-5-4-8-21-13/h4-9,19H,10H2,1-3H3,(H,17,18)/b7-6+/t16-/m1/s1. The highest BCUT2D eigenvalue weighted by molar-refractivity contribution is 7.10. The van der Waals surface area contributed by atoms with Crippen LogP contribution >= 0.6 is 11.3 Å². The van der Waals surface area contributed by atoms with E-state index < -0.39 is 5.60 Å². The summed E-state index contributed by atoms with van der Waals surface area (Å²) in [6, 6.07) is 5.66. The van der Waals surface area contributed by atoms with Crippen molar-refractivity contribution in [1.29, 1.82) is 0 Å². The zero-order chi connectivity index (χ0) is 15.5. The number of carbonyl (C=O) groups excluding carboxylic acids is 1. The first kappa shape index (κ1) is 15.5. The molecule has 0 unspecified atom stereocenters. The Hall–Kier alpha value is -1.85. The molecule has 0 bridgehead atoms. The highest BCUT2D eigenvalue weighted by Crippen LogP contribution is 2.26. The van der Waals surface area contributed by atoms with Crippen molar-refractivity contribution in [2.75, 3.05) is 6.54 Å². The molecule has 0 radical (unpaired) electrons. The molecule has 4 nitrogen and oxygen atoms in total. The number of thiophene rings is 1. The fourth-order valence-electron chi connectivity index (χ4n) is 2.12. The van der Waals surface area contributed by atoms with E-state index in [0.29, 0.717) is 11.3 Å². The fourth-order valence-corrected chi connectivity index (χ4v) is 2.74. The van der Waals surface area contributed by atoms with Crippen molar-refractivity contribution in [3.8, 4) is 0 Å². The molecule has 0 fully saturated rings. The zero-order valence-corrected chi connectivity index (χ0v) is 13.2. The zero-order valence-electron chi connectivity index (χ0n) is 12.3. The second-order valence-corrected chi connectivity index (χ2v) is 6.15. The minimum Gasteiger partial charge on any atom is -0.466 e. The molecule has 21 heavy (non-hydrogen) atoms. The van der Waals surface area contributed by atoms with Crippen LogP contribution in [0.25, 0.3) is 6.08 Å². The summed E-state index contributed by atoms with van der Waals surface area (Å²) in [5.41, 5.74) is -0.462. The van der Waals surface area contributed by atoms with Gasteiger partial charge in [0.25, 0.3) is 0 Å². The van der Waals surface area contributed by atoms with Crippen molar-refractivity contribution in [3.63, 3.8) is 0 Å². The number of aliphatic hydroxyl groups is 1. The van der Waals surface area contributed by atoms with E-state index in [1.807, 2.05) is 24.4 Å². The first-order valence-corrected chi connectivity index (χ1v) is 7.56. The van der Waals surface area contributed by atoms with Crippen LogP contribution in [0.3, 0.4) is 0 Å². The lowest BCUT2D eigenvalue weighted by Gasteiger charge is -2.22. The number of aryl methyl sites for hydroxylation is 2. The van der Waals surface area contributed by atoms with E-state index in [-0.39, 0.29) is 12.5 Å². The Labute approximate surface area is 128 Å². The number of hydrogen-bond donors (Lipinski definition) is 2. The summed E-state index contributed by atoms with van der Waals surface area (Å²) >= 11 is 1.56. The molecule has 2 N–H and O–H groups in total. The minimum atomic E-state index is -1.16. The Morgan fingerprint density at radius 1 is 1.52 bits per heavy atom. The molecule has 1 atom stereocenters. The number of furan rings is 1. The molecular formula is C16H19NO3S. The Kier molecular flexibility index (Phi) is 4.65. The summed E-state index contributed by atoms with van der Waals surface area (Å²) < 4.78 is 5.42. The monoisotopic (exact) mass is 305 g/mol. The van der Waals surface area contributed by atoms with Crippen LogP contribution in [0.2, 0.25) is 0 Å². The maximum atomic E-state index is 11.8. The molecule has 1 amide bonds. The molecule has 2 aromatic rings. The van der Waals surface area contributed by atoms with E-state index in [9.17, 15) is 9.90 Å². The highest BCUT2D eigenvalue weighted by atomic mass is 32.1. The summed E-state index contributed by atoms with van der Waals surface area (Å²) in [7, 11) is 0. The smallest absolute Gasteiger partial charge is 0.244 e. The molecule has 0 aliphatic rings. The Balaban J connectivity index is 1.95. The molecule has 112 valence electrons. The van der Waals surface area contributed by atoms with E-state index >= 15 is 0 Å². The normalized spacial score (nSPS) is 14.3. The van der Waals surface area contributed by atoms with Gasteiger partial charge in [0.05, 0.1) is 6.54 Å². The van der Waals surface area contributed by atoms with E-state index in [2.05, 4.69) is 5.32 Å². The van der Waals surface area contributed by atoms with Crippen LogP contribution < -0.4 is 5.32 Å². The van der Waals surface area contributed by atoms with Crippen LogP contribution in [0.1, 0.15) is 28.9 Å². The first-order valence-electron chi connectivity index (χ1n) is 6.68. The minimum absolute atomic E-state index is 0.125. The molecule has 0 aliphatic heterocycles. The van der Waals surface area contributed by atoms with Crippen molar-refractivity contribution < 1.29 is 14.3 Å². The topological polar surface area (TPSA) is 62.5 Å². The van der Waals surface area contributed by atoms with Gasteiger partial charge in [-0.3, -0.25) is 4.79 Å². The molecule has 0 saturated heterocycles. The van der Waals surface area contributed by atoms with Crippen molar-refractivity contribution in [2.45, 2.75) is 26.4 Å².